The normalized spacial score (nSPS) is 24.4. The number of hydrogen-bond acceptors (Lipinski definition) is 4. The van der Waals surface area contributed by atoms with Gasteiger partial charge < -0.3 is 10.6 Å². The fourth-order valence-corrected chi connectivity index (χ4v) is 4.47. The summed E-state index contributed by atoms with van der Waals surface area (Å²) < 4.78 is 2.96. The van der Waals surface area contributed by atoms with Gasteiger partial charge in [0.2, 0.25) is 0 Å². The van der Waals surface area contributed by atoms with E-state index in [2.05, 4.69) is 41.4 Å². The van der Waals surface area contributed by atoms with Crippen molar-refractivity contribution in [1.29, 1.82) is 0 Å². The summed E-state index contributed by atoms with van der Waals surface area (Å²) in [6, 6.07) is -0.303. The molecule has 0 bridgehead atoms. The van der Waals surface area contributed by atoms with Crippen LogP contribution in [0.15, 0.2) is 31.1 Å². The standard InChI is InChI=1S/C19H28N6O2/c1-14-21-6-8-25(14)17(27)23-15-9-18(2,3)11-19(4,10-15)12-22-16(26)24-7-5-20-13-24/h5-8,13,15H,9-12H2,1-4H3,(H,22,26)(H,23,27). The molecule has 2 N–H and O–H groups in total. The van der Waals surface area contributed by atoms with Crippen LogP contribution in [0.3, 0.4) is 0 Å². The van der Waals surface area contributed by atoms with Crippen molar-refractivity contribution in [2.45, 2.75) is 53.0 Å². The van der Waals surface area contributed by atoms with E-state index in [1.165, 1.54) is 15.5 Å². The largest absolute Gasteiger partial charge is 0.337 e. The second-order valence-corrected chi connectivity index (χ2v) is 8.68. The number of carbonyl (C=O) groups is 2. The van der Waals surface area contributed by atoms with Gasteiger partial charge in [-0.05, 0) is 37.0 Å². The topological polar surface area (TPSA) is 93.8 Å². The number of aromatic nitrogens is 4. The molecule has 8 nitrogen and oxygen atoms in total. The second-order valence-electron chi connectivity index (χ2n) is 8.68. The Kier molecular flexibility index (Phi) is 5.08. The number of nitrogens with one attached hydrogen (secondary N) is 2. The van der Waals surface area contributed by atoms with Crippen LogP contribution in [0, 0.1) is 17.8 Å². The maximum Gasteiger partial charge on any atom is 0.327 e. The summed E-state index contributed by atoms with van der Waals surface area (Å²) in [5.74, 6) is 0.665. The quantitative estimate of drug-likeness (QED) is 0.866. The van der Waals surface area contributed by atoms with Crippen molar-refractivity contribution in [2.24, 2.45) is 10.8 Å². The van der Waals surface area contributed by atoms with Crippen molar-refractivity contribution in [3.8, 4) is 0 Å². The van der Waals surface area contributed by atoms with Gasteiger partial charge in [-0.25, -0.2) is 19.6 Å². The molecule has 27 heavy (non-hydrogen) atoms. The molecule has 1 aliphatic carbocycles. The van der Waals surface area contributed by atoms with Crippen molar-refractivity contribution in [2.75, 3.05) is 6.54 Å². The molecule has 1 fully saturated rings. The molecule has 146 valence electrons. The molecular weight excluding hydrogens is 344 g/mol. The number of carbonyl (C=O) groups excluding carboxylic acids is 2. The molecule has 0 saturated heterocycles. The minimum Gasteiger partial charge on any atom is -0.337 e. The van der Waals surface area contributed by atoms with Crippen LogP contribution in [0.1, 0.15) is 45.9 Å². The minimum absolute atomic E-state index is 0.0400. The highest BCUT2D eigenvalue weighted by Gasteiger charge is 2.42. The van der Waals surface area contributed by atoms with Crippen molar-refractivity contribution in [3.05, 3.63) is 36.9 Å². The highest BCUT2D eigenvalue weighted by Crippen LogP contribution is 2.45. The van der Waals surface area contributed by atoms with Crippen molar-refractivity contribution >= 4 is 12.1 Å². The summed E-state index contributed by atoms with van der Waals surface area (Å²) in [6.07, 6.45) is 10.7. The average Bonchev–Trinajstić information content (AvgIpc) is 3.22. The van der Waals surface area contributed by atoms with Gasteiger partial charge in [-0.1, -0.05) is 20.8 Å². The van der Waals surface area contributed by atoms with Crippen LogP contribution < -0.4 is 10.6 Å². The molecule has 0 radical (unpaired) electrons. The molecule has 2 unspecified atom stereocenters. The SMILES string of the molecule is Cc1nccn1C(=O)NC1CC(C)(C)CC(C)(CNC(=O)n2ccnc2)C1. The Balaban J connectivity index is 1.66. The van der Waals surface area contributed by atoms with Gasteiger partial charge in [0.25, 0.3) is 0 Å². The first-order chi connectivity index (χ1) is 12.7. The molecule has 1 aliphatic rings. The number of hydrogen-bond donors (Lipinski definition) is 2. The van der Waals surface area contributed by atoms with Gasteiger partial charge in [0.1, 0.15) is 12.2 Å². The van der Waals surface area contributed by atoms with Gasteiger partial charge in [-0.2, -0.15) is 0 Å². The van der Waals surface area contributed by atoms with Crippen LogP contribution in [0.4, 0.5) is 9.59 Å². The van der Waals surface area contributed by atoms with Crippen molar-refractivity contribution in [3.63, 3.8) is 0 Å². The molecule has 2 aromatic rings. The van der Waals surface area contributed by atoms with E-state index in [-0.39, 0.29) is 28.9 Å². The number of aryl methyl sites for hydroxylation is 1. The summed E-state index contributed by atoms with van der Waals surface area (Å²) in [5, 5.41) is 6.14. The number of imidazole rings is 2. The van der Waals surface area contributed by atoms with Gasteiger partial charge >= 0.3 is 12.1 Å². The van der Waals surface area contributed by atoms with E-state index >= 15 is 0 Å². The predicted octanol–water partition coefficient (Wildman–Crippen LogP) is 2.79. The fourth-order valence-electron chi connectivity index (χ4n) is 4.47. The summed E-state index contributed by atoms with van der Waals surface area (Å²) in [7, 11) is 0. The number of amides is 2. The molecule has 8 heteroatoms. The van der Waals surface area contributed by atoms with Crippen LogP contribution >= 0.6 is 0 Å². The van der Waals surface area contributed by atoms with E-state index in [0.717, 1.165) is 19.3 Å². The van der Waals surface area contributed by atoms with Crippen LogP contribution in [0.2, 0.25) is 0 Å². The monoisotopic (exact) mass is 372 g/mol. The summed E-state index contributed by atoms with van der Waals surface area (Å²) in [4.78, 5) is 32.8. The third-order valence-corrected chi connectivity index (χ3v) is 5.22. The Bertz CT molecular complexity index is 810. The first kappa shape index (κ1) is 19.1. The summed E-state index contributed by atoms with van der Waals surface area (Å²) in [5.41, 5.74) is -0.0470. The highest BCUT2D eigenvalue weighted by molar-refractivity contribution is 5.77. The molecule has 2 heterocycles. The Morgan fingerprint density at radius 3 is 2.59 bits per heavy atom. The first-order valence-electron chi connectivity index (χ1n) is 9.25. The Hall–Kier alpha value is -2.64. The molecule has 2 amide bonds. The molecule has 1 saturated carbocycles. The fraction of sp³-hybridized carbons (Fsp3) is 0.579. The maximum absolute atomic E-state index is 12.6. The minimum atomic E-state index is -0.188. The Morgan fingerprint density at radius 1 is 1.19 bits per heavy atom. The van der Waals surface area contributed by atoms with Gasteiger partial charge in [0.15, 0.2) is 0 Å². The van der Waals surface area contributed by atoms with Crippen LogP contribution in [0.25, 0.3) is 0 Å². The van der Waals surface area contributed by atoms with E-state index in [1.807, 2.05) is 0 Å². The number of nitrogens with zero attached hydrogens (tertiary/aromatic N) is 4. The van der Waals surface area contributed by atoms with Gasteiger partial charge in [0, 0.05) is 37.4 Å². The van der Waals surface area contributed by atoms with E-state index in [4.69, 9.17) is 0 Å². The molecule has 2 atom stereocenters. The lowest BCUT2D eigenvalue weighted by Gasteiger charge is -2.46. The summed E-state index contributed by atoms with van der Waals surface area (Å²) in [6.45, 7) is 8.95. The third-order valence-electron chi connectivity index (χ3n) is 5.22. The molecule has 3 rings (SSSR count). The Labute approximate surface area is 159 Å². The van der Waals surface area contributed by atoms with Crippen molar-refractivity contribution < 1.29 is 9.59 Å². The molecule has 0 aromatic carbocycles. The average molecular weight is 372 g/mol. The summed E-state index contributed by atoms with van der Waals surface area (Å²) >= 11 is 0. The molecule has 2 aromatic heterocycles. The zero-order chi connectivity index (χ0) is 19.7. The van der Waals surface area contributed by atoms with Gasteiger partial charge in [-0.3, -0.25) is 9.13 Å². The lowest BCUT2D eigenvalue weighted by Crippen LogP contribution is -2.51. The Morgan fingerprint density at radius 2 is 1.96 bits per heavy atom. The zero-order valence-electron chi connectivity index (χ0n) is 16.4. The predicted molar refractivity (Wildman–Crippen MR) is 101 cm³/mol. The second kappa shape index (κ2) is 7.17. The van der Waals surface area contributed by atoms with Gasteiger partial charge in [-0.15, -0.1) is 0 Å². The van der Waals surface area contributed by atoms with E-state index in [1.54, 1.807) is 31.7 Å². The lowest BCUT2D eigenvalue weighted by atomic mass is 9.62. The van der Waals surface area contributed by atoms with Crippen LogP contribution in [-0.4, -0.2) is 43.8 Å². The number of rotatable bonds is 3. The van der Waals surface area contributed by atoms with Crippen molar-refractivity contribution in [1.82, 2.24) is 29.7 Å². The van der Waals surface area contributed by atoms with E-state index < -0.39 is 0 Å². The van der Waals surface area contributed by atoms with Crippen LogP contribution in [0.5, 0.6) is 0 Å². The first-order valence-corrected chi connectivity index (χ1v) is 9.25. The lowest BCUT2D eigenvalue weighted by molar-refractivity contribution is 0.0750. The highest BCUT2D eigenvalue weighted by atomic mass is 16.2. The molecule has 0 spiro atoms. The third kappa shape index (κ3) is 4.56. The maximum atomic E-state index is 12.6. The van der Waals surface area contributed by atoms with E-state index in [0.29, 0.717) is 12.4 Å². The smallest absolute Gasteiger partial charge is 0.327 e. The zero-order valence-corrected chi connectivity index (χ0v) is 16.4. The van der Waals surface area contributed by atoms with Gasteiger partial charge in [0.05, 0.1) is 0 Å². The van der Waals surface area contributed by atoms with E-state index in [9.17, 15) is 9.59 Å². The molecular formula is C19H28N6O2. The molecule has 0 aliphatic heterocycles. The van der Waals surface area contributed by atoms with Crippen LogP contribution in [-0.2, 0) is 0 Å².